The van der Waals surface area contributed by atoms with Crippen LogP contribution in [0.15, 0.2) is 48.5 Å². The predicted octanol–water partition coefficient (Wildman–Crippen LogP) is 4.39. The van der Waals surface area contributed by atoms with Gasteiger partial charge in [-0.2, -0.15) is 0 Å². The van der Waals surface area contributed by atoms with Gasteiger partial charge in [0.15, 0.2) is 6.10 Å². The molecule has 0 saturated heterocycles. The number of amides is 1. The highest BCUT2D eigenvalue weighted by Crippen LogP contribution is 2.25. The molecule has 0 aromatic heterocycles. The fraction of sp³-hybridized carbons (Fsp3) is 0.350. The molecule has 0 unspecified atom stereocenters. The summed E-state index contributed by atoms with van der Waals surface area (Å²) in [7, 11) is 0. The Labute approximate surface area is 154 Å². The molecule has 0 aliphatic heterocycles. The maximum Gasteiger partial charge on any atom is 0.261 e. The SMILES string of the molecule is CC[C@H](Oc1ccccc1Cl)C(=O)N[C@@H](C)COc1ccccc1C. The first-order chi connectivity index (χ1) is 12.0. The minimum absolute atomic E-state index is 0.143. The van der Waals surface area contributed by atoms with Gasteiger partial charge < -0.3 is 14.8 Å². The maximum absolute atomic E-state index is 12.4. The third-order valence-electron chi connectivity index (χ3n) is 3.74. The van der Waals surface area contributed by atoms with Crippen molar-refractivity contribution < 1.29 is 14.3 Å². The van der Waals surface area contributed by atoms with Crippen LogP contribution in [0.5, 0.6) is 11.5 Å². The van der Waals surface area contributed by atoms with E-state index >= 15 is 0 Å². The van der Waals surface area contributed by atoms with Gasteiger partial charge in [-0.1, -0.05) is 48.9 Å². The van der Waals surface area contributed by atoms with E-state index in [4.69, 9.17) is 21.1 Å². The van der Waals surface area contributed by atoms with E-state index in [1.165, 1.54) is 0 Å². The van der Waals surface area contributed by atoms with E-state index in [1.807, 2.05) is 57.2 Å². The Morgan fingerprint density at radius 1 is 1.12 bits per heavy atom. The van der Waals surface area contributed by atoms with E-state index in [0.717, 1.165) is 11.3 Å². The van der Waals surface area contributed by atoms with Gasteiger partial charge in [-0.3, -0.25) is 4.79 Å². The van der Waals surface area contributed by atoms with Gasteiger partial charge in [-0.25, -0.2) is 0 Å². The molecule has 5 heteroatoms. The van der Waals surface area contributed by atoms with Crippen molar-refractivity contribution in [3.05, 3.63) is 59.1 Å². The molecule has 0 radical (unpaired) electrons. The predicted molar refractivity (Wildman–Crippen MR) is 100 cm³/mol. The second-order valence-corrected chi connectivity index (χ2v) is 6.34. The lowest BCUT2D eigenvalue weighted by Gasteiger charge is -2.21. The number of hydrogen-bond donors (Lipinski definition) is 1. The van der Waals surface area contributed by atoms with Crippen LogP contribution in [-0.2, 0) is 4.79 Å². The van der Waals surface area contributed by atoms with Crippen LogP contribution in [0.1, 0.15) is 25.8 Å². The summed E-state index contributed by atoms with van der Waals surface area (Å²) in [5.74, 6) is 1.15. The summed E-state index contributed by atoms with van der Waals surface area (Å²) in [5.41, 5.74) is 1.06. The zero-order valence-electron chi connectivity index (χ0n) is 14.8. The lowest BCUT2D eigenvalue weighted by Crippen LogP contribution is -2.44. The minimum Gasteiger partial charge on any atom is -0.491 e. The van der Waals surface area contributed by atoms with Crippen molar-refractivity contribution in [2.24, 2.45) is 0 Å². The highest BCUT2D eigenvalue weighted by molar-refractivity contribution is 6.32. The Kier molecular flexibility index (Phi) is 7.14. The molecule has 0 aliphatic rings. The summed E-state index contributed by atoms with van der Waals surface area (Å²) in [4.78, 5) is 12.4. The molecule has 0 aliphatic carbocycles. The van der Waals surface area contributed by atoms with Gasteiger partial charge in [0.1, 0.15) is 18.1 Å². The van der Waals surface area contributed by atoms with Gasteiger partial charge in [-0.05, 0) is 44.0 Å². The quantitative estimate of drug-likeness (QED) is 0.758. The Hall–Kier alpha value is -2.20. The molecule has 0 saturated carbocycles. The summed E-state index contributed by atoms with van der Waals surface area (Å²) < 4.78 is 11.5. The number of nitrogens with one attached hydrogen (secondary N) is 1. The number of hydrogen-bond acceptors (Lipinski definition) is 3. The Bertz CT molecular complexity index is 705. The topological polar surface area (TPSA) is 47.6 Å². The summed E-state index contributed by atoms with van der Waals surface area (Å²) in [6.07, 6.45) is -0.0524. The maximum atomic E-state index is 12.4. The summed E-state index contributed by atoms with van der Waals surface area (Å²) in [6, 6.07) is 14.8. The molecule has 4 nitrogen and oxygen atoms in total. The number of carbonyl (C=O) groups excluding carboxylic acids is 1. The van der Waals surface area contributed by atoms with E-state index in [9.17, 15) is 4.79 Å². The van der Waals surface area contributed by atoms with Crippen molar-refractivity contribution in [2.45, 2.75) is 39.3 Å². The van der Waals surface area contributed by atoms with Crippen LogP contribution >= 0.6 is 11.6 Å². The smallest absolute Gasteiger partial charge is 0.261 e. The number of benzene rings is 2. The van der Waals surface area contributed by atoms with Gasteiger partial charge in [0.05, 0.1) is 11.1 Å². The summed E-state index contributed by atoms with van der Waals surface area (Å²) in [5, 5.41) is 3.42. The molecule has 0 fully saturated rings. The molecule has 1 amide bonds. The molecule has 2 aromatic carbocycles. The van der Waals surface area contributed by atoms with Gasteiger partial charge in [-0.15, -0.1) is 0 Å². The van der Waals surface area contributed by atoms with Crippen LogP contribution in [0, 0.1) is 6.92 Å². The molecular formula is C20H24ClNO3. The van der Waals surface area contributed by atoms with Crippen LogP contribution < -0.4 is 14.8 Å². The minimum atomic E-state index is -0.596. The lowest BCUT2D eigenvalue weighted by molar-refractivity contribution is -0.128. The fourth-order valence-corrected chi connectivity index (χ4v) is 2.51. The van der Waals surface area contributed by atoms with Crippen LogP contribution in [0.25, 0.3) is 0 Å². The van der Waals surface area contributed by atoms with E-state index in [2.05, 4.69) is 5.32 Å². The average Bonchev–Trinajstić information content (AvgIpc) is 2.60. The zero-order chi connectivity index (χ0) is 18.2. The van der Waals surface area contributed by atoms with E-state index < -0.39 is 6.10 Å². The van der Waals surface area contributed by atoms with E-state index in [0.29, 0.717) is 23.8 Å². The molecule has 134 valence electrons. The highest BCUT2D eigenvalue weighted by atomic mass is 35.5. The first kappa shape index (κ1) is 19.1. The van der Waals surface area contributed by atoms with Crippen LogP contribution in [0.4, 0.5) is 0 Å². The molecule has 2 rings (SSSR count). The first-order valence-corrected chi connectivity index (χ1v) is 8.79. The standard InChI is InChI=1S/C20H24ClNO3/c1-4-17(25-19-12-8-6-10-16(19)21)20(23)22-15(3)13-24-18-11-7-5-9-14(18)2/h5-12,15,17H,4,13H2,1-3H3,(H,22,23)/t15-,17-/m0/s1. The first-order valence-electron chi connectivity index (χ1n) is 8.41. The van der Waals surface area contributed by atoms with E-state index in [1.54, 1.807) is 12.1 Å². The van der Waals surface area contributed by atoms with Crippen LogP contribution in [-0.4, -0.2) is 24.7 Å². The molecule has 0 heterocycles. The van der Waals surface area contributed by atoms with Gasteiger partial charge in [0.2, 0.25) is 0 Å². The third kappa shape index (κ3) is 5.68. The third-order valence-corrected chi connectivity index (χ3v) is 4.05. The number of halogens is 1. The molecule has 2 aromatic rings. The van der Waals surface area contributed by atoms with Crippen molar-refractivity contribution in [3.63, 3.8) is 0 Å². The van der Waals surface area contributed by atoms with Gasteiger partial charge in [0.25, 0.3) is 5.91 Å². The Morgan fingerprint density at radius 2 is 1.76 bits per heavy atom. The van der Waals surface area contributed by atoms with Gasteiger partial charge >= 0.3 is 0 Å². The normalized spacial score (nSPS) is 13.0. The Morgan fingerprint density at radius 3 is 2.40 bits per heavy atom. The highest BCUT2D eigenvalue weighted by Gasteiger charge is 2.21. The summed E-state index contributed by atoms with van der Waals surface area (Å²) >= 11 is 6.09. The number of aryl methyl sites for hydroxylation is 1. The second-order valence-electron chi connectivity index (χ2n) is 5.93. The number of para-hydroxylation sites is 2. The van der Waals surface area contributed by atoms with Crippen LogP contribution in [0.3, 0.4) is 0 Å². The molecule has 25 heavy (non-hydrogen) atoms. The van der Waals surface area contributed by atoms with Crippen molar-refractivity contribution in [3.8, 4) is 11.5 Å². The largest absolute Gasteiger partial charge is 0.491 e. The molecule has 1 N–H and O–H groups in total. The Balaban J connectivity index is 1.88. The van der Waals surface area contributed by atoms with Gasteiger partial charge in [0, 0.05) is 0 Å². The van der Waals surface area contributed by atoms with E-state index in [-0.39, 0.29) is 11.9 Å². The number of ether oxygens (including phenoxy) is 2. The number of rotatable bonds is 8. The van der Waals surface area contributed by atoms with Crippen molar-refractivity contribution in [2.75, 3.05) is 6.61 Å². The summed E-state index contributed by atoms with van der Waals surface area (Å²) in [6.45, 7) is 6.18. The molecule has 0 spiro atoms. The fourth-order valence-electron chi connectivity index (χ4n) is 2.33. The average molecular weight is 362 g/mol. The van der Waals surface area contributed by atoms with Crippen LogP contribution in [0.2, 0.25) is 5.02 Å². The second kappa shape index (κ2) is 9.33. The molecule has 0 bridgehead atoms. The molecule has 2 atom stereocenters. The monoisotopic (exact) mass is 361 g/mol. The number of carbonyl (C=O) groups is 1. The van der Waals surface area contributed by atoms with Crippen molar-refractivity contribution in [1.82, 2.24) is 5.32 Å². The van der Waals surface area contributed by atoms with Crippen molar-refractivity contribution in [1.29, 1.82) is 0 Å². The van der Waals surface area contributed by atoms with Crippen molar-refractivity contribution >= 4 is 17.5 Å². The molecular weight excluding hydrogens is 338 g/mol. The zero-order valence-corrected chi connectivity index (χ0v) is 15.5. The lowest BCUT2D eigenvalue weighted by atomic mass is 10.2.